The van der Waals surface area contributed by atoms with Crippen LogP contribution in [0.1, 0.15) is 174 Å². The van der Waals surface area contributed by atoms with E-state index < -0.39 is 371 Å². The van der Waals surface area contributed by atoms with Crippen LogP contribution in [-0.2, 0) is 104 Å². The Morgan fingerprint density at radius 2 is 1.01 bits per heavy atom. The van der Waals surface area contributed by atoms with Crippen molar-refractivity contribution in [1.82, 2.24) is 5.32 Å². The zero-order chi connectivity index (χ0) is 106. The summed E-state index contributed by atoms with van der Waals surface area (Å²) >= 11 is 0. The number of carbonyl (C=O) groups excluding carboxylic acids is 4. The van der Waals surface area contributed by atoms with Gasteiger partial charge in [-0.05, 0) is 152 Å². The normalized spacial score (nSPS) is 47.9. The minimum absolute atomic E-state index is 0.0300. The first kappa shape index (κ1) is 116. The molecule has 50 atom stereocenters. The molecule has 8 saturated heterocycles. The Balaban J connectivity index is 0.787. The van der Waals surface area contributed by atoms with E-state index in [1.165, 1.54) is 52.8 Å². The molecule has 822 valence electrons. The van der Waals surface area contributed by atoms with Crippen LogP contribution in [0.25, 0.3) is 0 Å². The molecule has 1 amide bonds. The molecule has 46 heteroatoms. The number of rotatable bonds is 34. The van der Waals surface area contributed by atoms with Crippen molar-refractivity contribution in [3.63, 3.8) is 0 Å². The van der Waals surface area contributed by atoms with E-state index in [0.29, 0.717) is 32.1 Å². The van der Waals surface area contributed by atoms with Crippen molar-refractivity contribution in [2.75, 3.05) is 39.6 Å². The smallest absolute Gasteiger partial charge is 0.336 e. The van der Waals surface area contributed by atoms with Gasteiger partial charge in [0.15, 0.2) is 56.2 Å². The molecule has 13 rings (SSSR count). The van der Waals surface area contributed by atoms with Gasteiger partial charge < -0.3 is 208 Å². The number of aliphatic hydroxyl groups excluding tert-OH is 22. The maximum atomic E-state index is 16.9. The standard InChI is InChI=1S/C98H155NO45/c1-17-93(12,126)27-19-21-40(3)80(123)138-75-42(5)131-87(73(121)69(75)117)144-94(13,18-2)28-20-22-45(34-100)81(124)136-57-33-98(90(125)143-89-79(68(116)62(110)50(36-102)134-89)142-86-74(122)77(140-85-72(120)66(114)61(109)49(35-101)132-85)76(43(6)130-86)139-84-71(119)63(111)51(37-103)133-84)47(31-91(57,8)9)46-23-24-54-95(14)29-26-56(92(10,11)53(95)25-30-96(54,15)97(46,16)32-55(98)106)137-82-58(99-44(7)104)65(113)64(112)52(135-82)39-128-88-78(67(115)59(107)41(4)129-88)141-83-70(118)60(108)48(105)38-127-83/h17-18,21-23,41-43,47-79,82-89,100-103,105-122,126H,1-2,19-20,24-39H2,3-16H3,(H,99,104). The van der Waals surface area contributed by atoms with Gasteiger partial charge in [-0.15, -0.1) is 13.2 Å². The topological polar surface area (TPSA) is 712 Å². The van der Waals surface area contributed by atoms with E-state index in [1.807, 2.05) is 6.92 Å². The Morgan fingerprint density at radius 1 is 0.486 bits per heavy atom. The summed E-state index contributed by atoms with van der Waals surface area (Å²) in [7, 11) is 0. The lowest BCUT2D eigenvalue weighted by Crippen LogP contribution is -2.70. The lowest BCUT2D eigenvalue weighted by atomic mass is 9.33. The van der Waals surface area contributed by atoms with Crippen molar-refractivity contribution in [3.05, 3.63) is 60.3 Å². The monoisotopic (exact) mass is 2070 g/mol. The molecule has 4 saturated carbocycles. The lowest BCUT2D eigenvalue weighted by molar-refractivity contribution is -0.390. The molecule has 50 unspecified atom stereocenters. The third-order valence-corrected chi connectivity index (χ3v) is 33.9. The molecule has 46 nitrogen and oxygen atoms in total. The summed E-state index contributed by atoms with van der Waals surface area (Å²) in [5, 5.41) is 262. The van der Waals surface area contributed by atoms with Crippen molar-refractivity contribution >= 4 is 23.8 Å². The number of fused-ring (bicyclic) bond motifs is 7. The Morgan fingerprint density at radius 3 is 1.64 bits per heavy atom. The Kier molecular flexibility index (Phi) is 36.9. The second kappa shape index (κ2) is 45.8. The number of allylic oxidation sites excluding steroid dienone is 4. The first-order chi connectivity index (χ1) is 67.4. The van der Waals surface area contributed by atoms with E-state index in [-0.39, 0.29) is 61.5 Å². The van der Waals surface area contributed by atoms with Gasteiger partial charge in [0.25, 0.3) is 0 Å². The SMILES string of the molecule is C=CC(C)(O)CCC=C(C)C(=O)OC1C(C)OC(OC(C)(C=C)CCC=C(CO)C(=O)OC2CC3(C(=O)OC4OC(CO)C(O)C(O)C4OC4OC(C)C(OC5OC(CO)C(O)C5O)C(OC5OC(CO)C(O)C(O)C5O)C4O)C(O)CC4(C)C(=CCC5C6(C)CCC(OC7OC(COC8OC(C)C(O)C(O)C8OC8OCC(O)C(O)C8O)C(O)C(O)C7NC(C)=O)C(C)(C)C6CCC54C)C3CC2(C)C)C(O)C1O. The molecule has 24 N–H and O–H groups in total. The van der Waals surface area contributed by atoms with Crippen molar-refractivity contribution in [2.45, 2.75) is 437 Å². The number of esters is 3. The largest absolute Gasteiger partial charge is 0.458 e. The van der Waals surface area contributed by atoms with E-state index in [4.69, 9.17) is 85.3 Å². The molecular formula is C98H155NO45. The summed E-state index contributed by atoms with van der Waals surface area (Å²) in [5.74, 6) is -5.22. The number of aliphatic hydroxyl groups is 23. The number of hydrogen-bond acceptors (Lipinski definition) is 45. The highest BCUT2D eigenvalue weighted by molar-refractivity contribution is 5.89. The van der Waals surface area contributed by atoms with Crippen LogP contribution in [-0.4, -0.2) is 444 Å². The highest BCUT2D eigenvalue weighted by Gasteiger charge is 2.74. The average molecular weight is 2070 g/mol. The fourth-order valence-electron chi connectivity index (χ4n) is 24.6. The zero-order valence-corrected chi connectivity index (χ0v) is 83.7. The minimum Gasteiger partial charge on any atom is -0.458 e. The molecule has 0 spiro atoms. The van der Waals surface area contributed by atoms with E-state index >= 15 is 9.59 Å². The average Bonchev–Trinajstić information content (AvgIpc) is 0.697. The summed E-state index contributed by atoms with van der Waals surface area (Å²) in [6.45, 7) is 27.0. The van der Waals surface area contributed by atoms with E-state index in [0.717, 1.165) is 5.57 Å². The van der Waals surface area contributed by atoms with E-state index in [2.05, 4.69) is 52.2 Å². The molecular weight excluding hydrogens is 1910 g/mol. The summed E-state index contributed by atoms with van der Waals surface area (Å²) in [4.78, 5) is 58.3. The third kappa shape index (κ3) is 22.6. The zero-order valence-electron chi connectivity index (χ0n) is 83.7. The van der Waals surface area contributed by atoms with E-state index in [1.54, 1.807) is 33.8 Å². The van der Waals surface area contributed by atoms with Gasteiger partial charge in [0.05, 0.1) is 86.9 Å². The van der Waals surface area contributed by atoms with Gasteiger partial charge in [0.1, 0.15) is 164 Å². The highest BCUT2D eigenvalue weighted by Crippen LogP contribution is 2.76. The van der Waals surface area contributed by atoms with Crippen LogP contribution >= 0.6 is 0 Å². The second-order valence-corrected chi connectivity index (χ2v) is 44.1. The second-order valence-electron chi connectivity index (χ2n) is 44.1. The Labute approximate surface area is 834 Å². The molecule has 0 aromatic heterocycles. The van der Waals surface area contributed by atoms with Crippen LogP contribution in [0.5, 0.6) is 0 Å². The summed E-state index contributed by atoms with van der Waals surface area (Å²) < 4.78 is 111. The molecule has 0 aromatic carbocycles. The molecule has 0 aromatic rings. The number of carbonyl (C=O) groups is 4. The first-order valence-electron chi connectivity index (χ1n) is 49.8. The highest BCUT2D eigenvalue weighted by atomic mass is 16.8. The van der Waals surface area contributed by atoms with Crippen molar-refractivity contribution in [1.29, 1.82) is 0 Å². The van der Waals surface area contributed by atoms with Crippen LogP contribution in [0.4, 0.5) is 0 Å². The fourth-order valence-corrected chi connectivity index (χ4v) is 24.6. The lowest BCUT2D eigenvalue weighted by Gasteiger charge is -2.72. The molecule has 8 aliphatic heterocycles. The van der Waals surface area contributed by atoms with Crippen LogP contribution < -0.4 is 5.32 Å². The molecule has 0 bridgehead atoms. The van der Waals surface area contributed by atoms with Crippen molar-refractivity contribution < 1.29 is 222 Å². The summed E-state index contributed by atoms with van der Waals surface area (Å²) in [6.07, 6.45) is -59.4. The van der Waals surface area contributed by atoms with Gasteiger partial charge in [-0.1, -0.05) is 84.4 Å². The number of nitrogens with one attached hydrogen (secondary N) is 1. The van der Waals surface area contributed by atoms with Gasteiger partial charge in [-0.2, -0.15) is 0 Å². The Hall–Kier alpha value is -4.94. The molecule has 0 radical (unpaired) electrons. The third-order valence-electron chi connectivity index (χ3n) is 33.9. The van der Waals surface area contributed by atoms with Gasteiger partial charge in [-0.25, -0.2) is 9.59 Å². The van der Waals surface area contributed by atoms with Gasteiger partial charge in [-0.3, -0.25) is 9.59 Å². The van der Waals surface area contributed by atoms with Crippen LogP contribution in [0.15, 0.2) is 60.3 Å². The Bertz CT molecular complexity index is 4470. The van der Waals surface area contributed by atoms with Crippen LogP contribution in [0, 0.1) is 50.2 Å². The molecule has 8 heterocycles. The minimum atomic E-state index is -2.29. The number of amides is 1. The van der Waals surface area contributed by atoms with Crippen molar-refractivity contribution in [2.24, 2.45) is 50.2 Å². The maximum absolute atomic E-state index is 16.9. The predicted molar refractivity (Wildman–Crippen MR) is 488 cm³/mol. The number of ether oxygens (including phenoxy) is 18. The molecule has 144 heavy (non-hydrogen) atoms. The van der Waals surface area contributed by atoms with Gasteiger partial charge >= 0.3 is 17.9 Å². The van der Waals surface area contributed by atoms with Crippen LogP contribution in [0.3, 0.4) is 0 Å². The fraction of sp³-hybridized carbons (Fsp3) is 0.857. The summed E-state index contributed by atoms with van der Waals surface area (Å²) in [6, 6.07) is -1.38. The molecule has 13 aliphatic rings. The first-order valence-corrected chi connectivity index (χ1v) is 49.8. The molecule has 12 fully saturated rings. The van der Waals surface area contributed by atoms with Gasteiger partial charge in [0.2, 0.25) is 12.2 Å². The molecule has 5 aliphatic carbocycles. The quantitative estimate of drug-likeness (QED) is 0.00944. The van der Waals surface area contributed by atoms with Gasteiger partial charge in [0, 0.05) is 24.3 Å². The summed E-state index contributed by atoms with van der Waals surface area (Å²) in [5.41, 5.74) is -8.61. The van der Waals surface area contributed by atoms with Crippen LogP contribution in [0.2, 0.25) is 0 Å². The maximum Gasteiger partial charge on any atom is 0.336 e. The number of hydrogen-bond donors (Lipinski definition) is 24. The van der Waals surface area contributed by atoms with Crippen molar-refractivity contribution in [3.8, 4) is 0 Å². The predicted octanol–water partition coefficient (Wildman–Crippen LogP) is -4.89. The van der Waals surface area contributed by atoms with E-state index in [9.17, 15) is 127 Å².